The SMILES string of the molecule is CCCSCc1nnc2sc(Cc3ccccc3)nn12. The molecule has 0 saturated carbocycles. The highest BCUT2D eigenvalue weighted by molar-refractivity contribution is 7.98. The predicted molar refractivity (Wildman–Crippen MR) is 84.4 cm³/mol. The van der Waals surface area contributed by atoms with Crippen molar-refractivity contribution in [2.45, 2.75) is 25.5 Å². The largest absolute Gasteiger partial charge is 0.234 e. The van der Waals surface area contributed by atoms with Crippen molar-refractivity contribution in [1.82, 2.24) is 19.8 Å². The maximum absolute atomic E-state index is 4.64. The van der Waals surface area contributed by atoms with Crippen LogP contribution in [0.1, 0.15) is 29.7 Å². The van der Waals surface area contributed by atoms with E-state index in [1.54, 1.807) is 11.3 Å². The Morgan fingerprint density at radius 1 is 1.20 bits per heavy atom. The van der Waals surface area contributed by atoms with Crippen LogP contribution >= 0.6 is 23.1 Å². The molecule has 2 aromatic heterocycles. The first-order valence-electron chi connectivity index (χ1n) is 6.68. The molecule has 0 aliphatic carbocycles. The van der Waals surface area contributed by atoms with Crippen molar-refractivity contribution < 1.29 is 0 Å². The van der Waals surface area contributed by atoms with Gasteiger partial charge in [-0.25, -0.2) is 0 Å². The average Bonchev–Trinajstić information content (AvgIpc) is 3.01. The van der Waals surface area contributed by atoms with Gasteiger partial charge in [0.15, 0.2) is 5.82 Å². The summed E-state index contributed by atoms with van der Waals surface area (Å²) >= 11 is 3.50. The molecule has 6 heteroatoms. The minimum atomic E-state index is 0.858. The van der Waals surface area contributed by atoms with Gasteiger partial charge < -0.3 is 0 Å². The van der Waals surface area contributed by atoms with Crippen LogP contribution in [0.25, 0.3) is 4.96 Å². The van der Waals surface area contributed by atoms with Crippen molar-refractivity contribution >= 4 is 28.1 Å². The second-order valence-corrected chi connectivity index (χ2v) is 6.67. The van der Waals surface area contributed by atoms with Crippen molar-refractivity contribution in [3.05, 3.63) is 46.7 Å². The summed E-state index contributed by atoms with van der Waals surface area (Å²) in [6.07, 6.45) is 2.04. The lowest BCUT2D eigenvalue weighted by molar-refractivity contribution is 0.855. The van der Waals surface area contributed by atoms with Gasteiger partial charge in [0.1, 0.15) is 5.01 Å². The zero-order valence-electron chi connectivity index (χ0n) is 11.3. The Kier molecular flexibility index (Phi) is 4.32. The van der Waals surface area contributed by atoms with E-state index in [1.807, 2.05) is 22.3 Å². The molecule has 1 aromatic carbocycles. The molecule has 4 nitrogen and oxygen atoms in total. The van der Waals surface area contributed by atoms with Crippen LogP contribution in [0, 0.1) is 0 Å². The molecule has 0 aliphatic heterocycles. The van der Waals surface area contributed by atoms with Gasteiger partial charge in [-0.15, -0.1) is 10.2 Å². The smallest absolute Gasteiger partial charge is 0.186 e. The zero-order valence-corrected chi connectivity index (χ0v) is 13.0. The Hall–Kier alpha value is -1.40. The molecule has 0 N–H and O–H groups in total. The van der Waals surface area contributed by atoms with E-state index in [1.165, 1.54) is 12.0 Å². The van der Waals surface area contributed by atoms with Crippen LogP contribution in [0.2, 0.25) is 0 Å². The van der Waals surface area contributed by atoms with Gasteiger partial charge in [-0.1, -0.05) is 48.6 Å². The lowest BCUT2D eigenvalue weighted by atomic mass is 10.2. The highest BCUT2D eigenvalue weighted by Crippen LogP contribution is 2.19. The molecular weight excluding hydrogens is 288 g/mol. The van der Waals surface area contributed by atoms with Crippen molar-refractivity contribution in [3.8, 4) is 0 Å². The number of rotatable bonds is 6. The lowest BCUT2D eigenvalue weighted by Gasteiger charge is -1.97. The average molecular weight is 304 g/mol. The second kappa shape index (κ2) is 6.37. The molecule has 0 radical (unpaired) electrons. The van der Waals surface area contributed by atoms with Crippen molar-refractivity contribution in [3.63, 3.8) is 0 Å². The zero-order chi connectivity index (χ0) is 13.8. The molecule has 0 unspecified atom stereocenters. The molecular formula is C14H16N4S2. The van der Waals surface area contributed by atoms with Gasteiger partial charge in [-0.05, 0) is 17.7 Å². The highest BCUT2D eigenvalue weighted by atomic mass is 32.2. The van der Waals surface area contributed by atoms with Crippen LogP contribution in [0.5, 0.6) is 0 Å². The minimum Gasteiger partial charge on any atom is -0.186 e. The number of hydrogen-bond acceptors (Lipinski definition) is 5. The molecule has 0 amide bonds. The number of hydrogen-bond donors (Lipinski definition) is 0. The summed E-state index contributed by atoms with van der Waals surface area (Å²) in [4.78, 5) is 0.892. The third-order valence-corrected chi connectivity index (χ3v) is 4.93. The number of benzene rings is 1. The first kappa shape index (κ1) is 13.6. The first-order valence-corrected chi connectivity index (χ1v) is 8.65. The Labute approximate surface area is 126 Å². The number of fused-ring (bicyclic) bond motifs is 1. The standard InChI is InChI=1S/C14H16N4S2/c1-2-8-19-10-12-15-16-14-18(12)17-13(20-14)9-11-6-4-3-5-7-11/h3-7H,2,8-10H2,1H3. The minimum absolute atomic E-state index is 0.858. The molecule has 2 heterocycles. The summed E-state index contributed by atoms with van der Waals surface area (Å²) in [5.74, 6) is 2.98. The summed E-state index contributed by atoms with van der Waals surface area (Å²) in [6.45, 7) is 2.19. The van der Waals surface area contributed by atoms with Gasteiger partial charge in [0.05, 0.1) is 5.75 Å². The molecule has 3 aromatic rings. The maximum atomic E-state index is 4.64. The molecule has 104 valence electrons. The lowest BCUT2D eigenvalue weighted by Crippen LogP contribution is -1.96. The van der Waals surface area contributed by atoms with Gasteiger partial charge in [0, 0.05) is 6.42 Å². The molecule has 3 rings (SSSR count). The van der Waals surface area contributed by atoms with E-state index >= 15 is 0 Å². The van der Waals surface area contributed by atoms with Gasteiger partial charge in [-0.2, -0.15) is 21.4 Å². The van der Waals surface area contributed by atoms with E-state index < -0.39 is 0 Å². The van der Waals surface area contributed by atoms with E-state index in [0.717, 1.165) is 33.7 Å². The van der Waals surface area contributed by atoms with Gasteiger partial charge in [0.2, 0.25) is 4.96 Å². The Balaban J connectivity index is 1.77. The maximum Gasteiger partial charge on any atom is 0.234 e. The quantitative estimate of drug-likeness (QED) is 0.654. The van der Waals surface area contributed by atoms with Crippen LogP contribution < -0.4 is 0 Å². The van der Waals surface area contributed by atoms with E-state index in [-0.39, 0.29) is 0 Å². The summed E-state index contributed by atoms with van der Waals surface area (Å²) in [5, 5.41) is 14.2. The van der Waals surface area contributed by atoms with Crippen LogP contribution in [-0.4, -0.2) is 25.6 Å². The van der Waals surface area contributed by atoms with Crippen molar-refractivity contribution in [2.75, 3.05) is 5.75 Å². The third-order valence-electron chi connectivity index (χ3n) is 2.88. The first-order chi connectivity index (χ1) is 9.86. The van der Waals surface area contributed by atoms with Crippen LogP contribution in [0.4, 0.5) is 0 Å². The van der Waals surface area contributed by atoms with Crippen molar-refractivity contribution in [1.29, 1.82) is 0 Å². The fraction of sp³-hybridized carbons (Fsp3) is 0.357. The Morgan fingerprint density at radius 3 is 2.85 bits per heavy atom. The van der Waals surface area contributed by atoms with Crippen LogP contribution in [-0.2, 0) is 12.2 Å². The fourth-order valence-electron chi connectivity index (χ4n) is 1.94. The van der Waals surface area contributed by atoms with E-state index in [4.69, 9.17) is 0 Å². The Bertz CT molecular complexity index is 675. The predicted octanol–water partition coefficient (Wildman–Crippen LogP) is 3.42. The summed E-state index contributed by atoms with van der Waals surface area (Å²) in [5.41, 5.74) is 1.28. The van der Waals surface area contributed by atoms with Gasteiger partial charge in [0.25, 0.3) is 0 Å². The summed E-state index contributed by atoms with van der Waals surface area (Å²) in [6, 6.07) is 10.4. The number of aromatic nitrogens is 4. The number of thioether (sulfide) groups is 1. The normalized spacial score (nSPS) is 11.2. The molecule has 0 bridgehead atoms. The van der Waals surface area contributed by atoms with Gasteiger partial charge >= 0.3 is 0 Å². The second-order valence-electron chi connectivity index (χ2n) is 4.52. The monoisotopic (exact) mass is 304 g/mol. The van der Waals surface area contributed by atoms with Crippen molar-refractivity contribution in [2.24, 2.45) is 0 Å². The molecule has 20 heavy (non-hydrogen) atoms. The molecule has 0 aliphatic rings. The Morgan fingerprint density at radius 2 is 2.05 bits per heavy atom. The third kappa shape index (κ3) is 3.02. The van der Waals surface area contributed by atoms with E-state index in [0.29, 0.717) is 0 Å². The summed E-state index contributed by atoms with van der Waals surface area (Å²) in [7, 11) is 0. The fourth-order valence-corrected chi connectivity index (χ4v) is 3.62. The van der Waals surface area contributed by atoms with E-state index in [9.17, 15) is 0 Å². The highest BCUT2D eigenvalue weighted by Gasteiger charge is 2.11. The molecule has 0 fully saturated rings. The van der Waals surface area contributed by atoms with Crippen LogP contribution in [0.15, 0.2) is 30.3 Å². The molecule has 0 spiro atoms. The topological polar surface area (TPSA) is 43.1 Å². The van der Waals surface area contributed by atoms with E-state index in [2.05, 4.69) is 46.5 Å². The van der Waals surface area contributed by atoms with Crippen LogP contribution in [0.3, 0.4) is 0 Å². The molecule has 0 atom stereocenters. The molecule has 0 saturated heterocycles. The number of nitrogens with zero attached hydrogens (tertiary/aromatic N) is 4. The summed E-state index contributed by atoms with van der Waals surface area (Å²) < 4.78 is 1.89. The van der Waals surface area contributed by atoms with Gasteiger partial charge in [-0.3, -0.25) is 0 Å².